The number of amides is 1. The SMILES string of the molecule is CC(=O)SC1CC(=O)N(c2c(N)n[nH]c2C)C1. The van der Waals surface area contributed by atoms with Crippen LogP contribution in [0, 0.1) is 6.92 Å². The summed E-state index contributed by atoms with van der Waals surface area (Å²) in [6.07, 6.45) is 0.369. The Morgan fingerprint density at radius 1 is 1.65 bits per heavy atom. The van der Waals surface area contributed by atoms with Crippen LogP contribution >= 0.6 is 11.8 Å². The van der Waals surface area contributed by atoms with E-state index in [1.807, 2.05) is 6.92 Å². The molecule has 2 heterocycles. The molecular weight excluding hydrogens is 240 g/mol. The lowest BCUT2D eigenvalue weighted by Gasteiger charge is -2.16. The zero-order valence-electron chi connectivity index (χ0n) is 9.69. The van der Waals surface area contributed by atoms with Gasteiger partial charge in [0.2, 0.25) is 5.91 Å². The number of carbonyl (C=O) groups excluding carboxylic acids is 2. The first-order valence-electron chi connectivity index (χ1n) is 5.27. The molecule has 1 aromatic rings. The third-order valence-corrected chi connectivity index (χ3v) is 3.61. The Hall–Kier alpha value is -1.50. The van der Waals surface area contributed by atoms with Crippen LogP contribution in [0.4, 0.5) is 11.5 Å². The number of nitrogens with zero attached hydrogens (tertiary/aromatic N) is 2. The van der Waals surface area contributed by atoms with Crippen LogP contribution in [0.15, 0.2) is 0 Å². The lowest BCUT2D eigenvalue weighted by atomic mass is 10.3. The van der Waals surface area contributed by atoms with Crippen LogP contribution in [-0.2, 0) is 9.59 Å². The van der Waals surface area contributed by atoms with E-state index in [-0.39, 0.29) is 16.3 Å². The van der Waals surface area contributed by atoms with Crippen LogP contribution in [0.1, 0.15) is 19.0 Å². The molecule has 1 amide bonds. The molecule has 0 spiro atoms. The Morgan fingerprint density at radius 3 is 2.88 bits per heavy atom. The summed E-state index contributed by atoms with van der Waals surface area (Å²) in [5, 5.41) is 6.65. The lowest BCUT2D eigenvalue weighted by molar-refractivity contribution is -0.117. The van der Waals surface area contributed by atoms with Crippen molar-refractivity contribution < 1.29 is 9.59 Å². The molecule has 92 valence electrons. The standard InChI is InChI=1S/C10H14N4O2S/c1-5-9(10(11)13-12-5)14-4-7(3-8(14)16)17-6(2)15/h7H,3-4H2,1-2H3,(H3,11,12,13). The number of nitrogens with two attached hydrogens (primary N) is 1. The normalized spacial score (nSPS) is 20.0. The van der Waals surface area contributed by atoms with Crippen molar-refractivity contribution in [1.29, 1.82) is 0 Å². The van der Waals surface area contributed by atoms with Crippen molar-refractivity contribution in [3.8, 4) is 0 Å². The van der Waals surface area contributed by atoms with Gasteiger partial charge in [-0.3, -0.25) is 14.7 Å². The monoisotopic (exact) mass is 254 g/mol. The molecule has 0 aromatic carbocycles. The number of aromatic nitrogens is 2. The van der Waals surface area contributed by atoms with Gasteiger partial charge in [0.25, 0.3) is 0 Å². The van der Waals surface area contributed by atoms with Crippen molar-refractivity contribution in [2.75, 3.05) is 17.2 Å². The highest BCUT2D eigenvalue weighted by Crippen LogP contribution is 2.32. The number of hydrogen-bond acceptors (Lipinski definition) is 5. The van der Waals surface area contributed by atoms with Crippen molar-refractivity contribution in [3.63, 3.8) is 0 Å². The van der Waals surface area contributed by atoms with E-state index in [1.54, 1.807) is 4.90 Å². The first-order chi connectivity index (χ1) is 7.99. The Kier molecular flexibility index (Phi) is 3.10. The van der Waals surface area contributed by atoms with Crippen LogP contribution in [0.2, 0.25) is 0 Å². The van der Waals surface area contributed by atoms with E-state index in [9.17, 15) is 9.59 Å². The molecule has 0 saturated carbocycles. The Bertz CT molecular complexity index is 451. The zero-order valence-corrected chi connectivity index (χ0v) is 10.5. The molecule has 1 aromatic heterocycles. The molecule has 6 nitrogen and oxygen atoms in total. The van der Waals surface area contributed by atoms with E-state index >= 15 is 0 Å². The third kappa shape index (κ3) is 2.28. The maximum Gasteiger partial charge on any atom is 0.228 e. The number of rotatable bonds is 2. The fraction of sp³-hybridized carbons (Fsp3) is 0.500. The quantitative estimate of drug-likeness (QED) is 0.810. The average Bonchev–Trinajstić information content (AvgIpc) is 2.70. The van der Waals surface area contributed by atoms with Crippen molar-refractivity contribution in [1.82, 2.24) is 10.2 Å². The Balaban J connectivity index is 2.19. The predicted octanol–water partition coefficient (Wildman–Crippen LogP) is 0.685. The van der Waals surface area contributed by atoms with Gasteiger partial charge in [-0.1, -0.05) is 11.8 Å². The molecule has 0 radical (unpaired) electrons. The summed E-state index contributed by atoms with van der Waals surface area (Å²) in [6.45, 7) is 3.83. The van der Waals surface area contributed by atoms with Gasteiger partial charge in [-0.25, -0.2) is 0 Å². The highest BCUT2D eigenvalue weighted by Gasteiger charge is 2.34. The van der Waals surface area contributed by atoms with E-state index < -0.39 is 0 Å². The number of nitrogens with one attached hydrogen (secondary N) is 1. The van der Waals surface area contributed by atoms with Gasteiger partial charge in [-0.05, 0) is 6.92 Å². The molecule has 2 rings (SSSR count). The first-order valence-corrected chi connectivity index (χ1v) is 6.15. The van der Waals surface area contributed by atoms with E-state index in [1.165, 1.54) is 18.7 Å². The molecule has 1 saturated heterocycles. The molecule has 17 heavy (non-hydrogen) atoms. The maximum atomic E-state index is 11.9. The molecular formula is C10H14N4O2S. The molecule has 3 N–H and O–H groups in total. The fourth-order valence-corrected chi connectivity index (χ4v) is 2.91. The van der Waals surface area contributed by atoms with Gasteiger partial charge in [-0.15, -0.1) is 0 Å². The third-order valence-electron chi connectivity index (χ3n) is 2.63. The van der Waals surface area contributed by atoms with E-state index in [2.05, 4.69) is 10.2 Å². The number of carbonyl (C=O) groups is 2. The summed E-state index contributed by atoms with van der Waals surface area (Å²) < 4.78 is 0. The summed E-state index contributed by atoms with van der Waals surface area (Å²) in [6, 6.07) is 0. The van der Waals surface area contributed by atoms with Crippen molar-refractivity contribution in [3.05, 3.63) is 5.69 Å². The van der Waals surface area contributed by atoms with Gasteiger partial charge in [0, 0.05) is 25.1 Å². The number of thioether (sulfide) groups is 1. The van der Waals surface area contributed by atoms with Crippen LogP contribution in [0.5, 0.6) is 0 Å². The highest BCUT2D eigenvalue weighted by molar-refractivity contribution is 8.14. The minimum Gasteiger partial charge on any atom is -0.380 e. The smallest absolute Gasteiger partial charge is 0.228 e. The molecule has 0 aliphatic carbocycles. The predicted molar refractivity (Wildman–Crippen MR) is 66.8 cm³/mol. The number of anilines is 2. The van der Waals surface area contributed by atoms with Crippen LogP contribution in [0.25, 0.3) is 0 Å². The van der Waals surface area contributed by atoms with Gasteiger partial charge >= 0.3 is 0 Å². The van der Waals surface area contributed by atoms with Gasteiger partial charge in [0.05, 0.1) is 5.69 Å². The van der Waals surface area contributed by atoms with Gasteiger partial charge in [0.15, 0.2) is 10.9 Å². The minimum atomic E-state index is -0.0139. The first kappa shape index (κ1) is 12.0. The van der Waals surface area contributed by atoms with Crippen molar-refractivity contribution in [2.24, 2.45) is 0 Å². The second kappa shape index (κ2) is 4.40. The number of hydrogen-bond donors (Lipinski definition) is 2. The Morgan fingerprint density at radius 2 is 2.35 bits per heavy atom. The van der Waals surface area contributed by atoms with E-state index in [0.29, 0.717) is 24.5 Å². The van der Waals surface area contributed by atoms with Gasteiger partial charge in [0.1, 0.15) is 5.69 Å². The molecule has 1 unspecified atom stereocenters. The summed E-state index contributed by atoms with van der Waals surface area (Å²) >= 11 is 1.21. The second-order valence-corrected chi connectivity index (χ2v) is 5.50. The molecule has 1 aliphatic heterocycles. The van der Waals surface area contributed by atoms with Gasteiger partial charge in [-0.2, -0.15) is 5.10 Å². The summed E-state index contributed by atoms with van der Waals surface area (Å²) in [7, 11) is 0. The number of aromatic amines is 1. The van der Waals surface area contributed by atoms with E-state index in [4.69, 9.17) is 5.73 Å². The maximum absolute atomic E-state index is 11.9. The Labute approximate surface area is 103 Å². The van der Waals surface area contributed by atoms with Crippen molar-refractivity contribution >= 4 is 34.3 Å². The average molecular weight is 254 g/mol. The summed E-state index contributed by atoms with van der Waals surface area (Å²) in [5.41, 5.74) is 7.13. The lowest BCUT2D eigenvalue weighted by Crippen LogP contribution is -2.26. The van der Waals surface area contributed by atoms with Crippen LogP contribution in [-0.4, -0.2) is 33.0 Å². The molecule has 1 atom stereocenters. The molecule has 0 bridgehead atoms. The zero-order chi connectivity index (χ0) is 12.6. The van der Waals surface area contributed by atoms with Crippen LogP contribution < -0.4 is 10.6 Å². The van der Waals surface area contributed by atoms with E-state index in [0.717, 1.165) is 5.69 Å². The summed E-state index contributed by atoms with van der Waals surface area (Å²) in [5.74, 6) is 0.310. The minimum absolute atomic E-state index is 0.00806. The molecule has 7 heteroatoms. The van der Waals surface area contributed by atoms with Crippen molar-refractivity contribution in [2.45, 2.75) is 25.5 Å². The number of nitrogen functional groups attached to an aromatic ring is 1. The summed E-state index contributed by atoms with van der Waals surface area (Å²) in [4.78, 5) is 24.5. The second-order valence-electron chi connectivity index (χ2n) is 4.02. The topological polar surface area (TPSA) is 92.1 Å². The number of H-pyrrole nitrogens is 1. The van der Waals surface area contributed by atoms with Gasteiger partial charge < -0.3 is 10.6 Å². The van der Waals surface area contributed by atoms with Crippen LogP contribution in [0.3, 0.4) is 0 Å². The molecule has 1 fully saturated rings. The number of aryl methyl sites for hydroxylation is 1. The fourth-order valence-electron chi connectivity index (χ4n) is 1.99. The highest BCUT2D eigenvalue weighted by atomic mass is 32.2. The largest absolute Gasteiger partial charge is 0.380 e. The molecule has 1 aliphatic rings.